The largest absolute Gasteiger partial charge is 0.311 e. The van der Waals surface area contributed by atoms with Gasteiger partial charge in [-0.3, -0.25) is 4.98 Å². The molecule has 1 N–H and O–H groups in total. The number of hydrogen-bond donors (Lipinski definition) is 1. The highest BCUT2D eigenvalue weighted by Gasteiger charge is 2.16. The summed E-state index contributed by atoms with van der Waals surface area (Å²) in [7, 11) is 1.84. The number of nitrogens with one attached hydrogen (secondary N) is 1. The number of hydrogen-bond acceptors (Lipinski definition) is 2. The van der Waals surface area contributed by atoms with Gasteiger partial charge in [-0.15, -0.1) is 0 Å². The quantitative estimate of drug-likeness (QED) is 0.908. The summed E-state index contributed by atoms with van der Waals surface area (Å²) in [5.41, 5.74) is 2.70. The van der Waals surface area contributed by atoms with Crippen LogP contribution < -0.4 is 5.32 Å². The highest BCUT2D eigenvalue weighted by atomic mass is 35.5. The van der Waals surface area contributed by atoms with Crippen molar-refractivity contribution in [2.45, 2.75) is 19.4 Å². The first kappa shape index (κ1) is 15.2. The van der Waals surface area contributed by atoms with Crippen LogP contribution in [0.5, 0.6) is 0 Å². The van der Waals surface area contributed by atoms with Crippen molar-refractivity contribution < 1.29 is 4.39 Å². The molecule has 1 unspecified atom stereocenters. The van der Waals surface area contributed by atoms with Crippen LogP contribution in [0.1, 0.15) is 22.9 Å². The Balaban J connectivity index is 2.28. The van der Waals surface area contributed by atoms with E-state index in [0.29, 0.717) is 16.5 Å². The van der Waals surface area contributed by atoms with E-state index < -0.39 is 0 Å². The fourth-order valence-corrected chi connectivity index (χ4v) is 2.64. The first-order valence-electron chi connectivity index (χ1n) is 6.24. The summed E-state index contributed by atoms with van der Waals surface area (Å²) in [6.07, 6.45) is 2.25. The second-order valence-electron chi connectivity index (χ2n) is 4.64. The van der Waals surface area contributed by atoms with Gasteiger partial charge in [0, 0.05) is 6.20 Å². The molecule has 1 aromatic heterocycles. The predicted octanol–water partition coefficient (Wildman–Crippen LogP) is 4.34. The number of aryl methyl sites for hydroxylation is 1. The molecule has 0 radical (unpaired) electrons. The Kier molecular flexibility index (Phi) is 4.97. The Morgan fingerprint density at radius 1 is 1.30 bits per heavy atom. The first-order valence-corrected chi connectivity index (χ1v) is 7.00. The van der Waals surface area contributed by atoms with E-state index >= 15 is 0 Å². The molecule has 0 fully saturated rings. The van der Waals surface area contributed by atoms with Crippen molar-refractivity contribution in [2.24, 2.45) is 0 Å². The normalized spacial score (nSPS) is 12.4. The summed E-state index contributed by atoms with van der Waals surface area (Å²) < 4.78 is 13.1. The second kappa shape index (κ2) is 6.53. The van der Waals surface area contributed by atoms with Crippen LogP contribution in [-0.4, -0.2) is 12.0 Å². The number of pyridine rings is 1. The van der Waals surface area contributed by atoms with E-state index in [1.165, 1.54) is 12.1 Å². The molecular formula is C15H15Cl2FN2. The van der Waals surface area contributed by atoms with Gasteiger partial charge in [0.2, 0.25) is 0 Å². The maximum atomic E-state index is 13.1. The molecule has 0 aliphatic heterocycles. The predicted molar refractivity (Wildman–Crippen MR) is 80.9 cm³/mol. The minimum atomic E-state index is -0.227. The fraction of sp³-hybridized carbons (Fsp3) is 0.267. The zero-order valence-corrected chi connectivity index (χ0v) is 12.8. The van der Waals surface area contributed by atoms with Gasteiger partial charge in [-0.2, -0.15) is 0 Å². The summed E-state index contributed by atoms with van der Waals surface area (Å²) in [6.45, 7) is 1.89. The van der Waals surface area contributed by atoms with Crippen LogP contribution in [0.4, 0.5) is 4.39 Å². The number of rotatable bonds is 4. The zero-order chi connectivity index (χ0) is 14.7. The third-order valence-corrected chi connectivity index (χ3v) is 3.75. The number of likely N-dealkylation sites (N-methyl/N-ethyl adjacent to an activating group) is 1. The van der Waals surface area contributed by atoms with Crippen molar-refractivity contribution in [3.8, 4) is 0 Å². The van der Waals surface area contributed by atoms with E-state index in [9.17, 15) is 4.39 Å². The van der Waals surface area contributed by atoms with E-state index in [1.54, 1.807) is 18.3 Å². The van der Waals surface area contributed by atoms with E-state index in [-0.39, 0.29) is 11.9 Å². The van der Waals surface area contributed by atoms with Crippen molar-refractivity contribution in [2.75, 3.05) is 7.05 Å². The lowest BCUT2D eigenvalue weighted by atomic mass is 9.99. The van der Waals surface area contributed by atoms with E-state index in [0.717, 1.165) is 16.8 Å². The molecule has 5 heteroatoms. The Morgan fingerprint density at radius 3 is 2.65 bits per heavy atom. The van der Waals surface area contributed by atoms with Gasteiger partial charge >= 0.3 is 0 Å². The lowest BCUT2D eigenvalue weighted by Crippen LogP contribution is -2.21. The van der Waals surface area contributed by atoms with E-state index in [2.05, 4.69) is 10.3 Å². The molecule has 0 aliphatic carbocycles. The van der Waals surface area contributed by atoms with Crippen molar-refractivity contribution >= 4 is 23.2 Å². The Hall–Kier alpha value is -1.16. The molecule has 0 aliphatic rings. The Bertz CT molecular complexity index is 617. The van der Waals surface area contributed by atoms with Crippen LogP contribution in [0, 0.1) is 12.7 Å². The summed E-state index contributed by atoms with van der Waals surface area (Å²) in [5.74, 6) is -0.227. The lowest BCUT2D eigenvalue weighted by Gasteiger charge is -2.18. The number of nitrogens with zero attached hydrogens (tertiary/aromatic N) is 1. The van der Waals surface area contributed by atoms with Crippen LogP contribution in [-0.2, 0) is 6.42 Å². The minimum Gasteiger partial charge on any atom is -0.311 e. The van der Waals surface area contributed by atoms with Crippen LogP contribution in [0.2, 0.25) is 10.0 Å². The summed E-state index contributed by atoms with van der Waals surface area (Å²) in [4.78, 5) is 4.29. The summed E-state index contributed by atoms with van der Waals surface area (Å²) in [5, 5.41) is 4.22. The number of benzene rings is 1. The minimum absolute atomic E-state index is 0.0519. The molecule has 20 heavy (non-hydrogen) atoms. The van der Waals surface area contributed by atoms with Gasteiger partial charge in [0.05, 0.1) is 21.8 Å². The van der Waals surface area contributed by atoms with Gasteiger partial charge in [-0.05, 0) is 49.7 Å². The Morgan fingerprint density at radius 2 is 2.05 bits per heavy atom. The average molecular weight is 313 g/mol. The highest BCUT2D eigenvalue weighted by Crippen LogP contribution is 2.27. The number of halogens is 3. The maximum Gasteiger partial charge on any atom is 0.123 e. The molecular weight excluding hydrogens is 298 g/mol. The third kappa shape index (κ3) is 3.48. The van der Waals surface area contributed by atoms with E-state index in [1.807, 2.05) is 14.0 Å². The van der Waals surface area contributed by atoms with Gasteiger partial charge < -0.3 is 5.32 Å². The van der Waals surface area contributed by atoms with Crippen molar-refractivity contribution in [3.05, 3.63) is 63.1 Å². The molecule has 0 saturated carbocycles. The topological polar surface area (TPSA) is 24.9 Å². The lowest BCUT2D eigenvalue weighted by molar-refractivity contribution is 0.572. The molecule has 0 saturated heterocycles. The van der Waals surface area contributed by atoms with Crippen LogP contribution in [0.15, 0.2) is 30.5 Å². The van der Waals surface area contributed by atoms with Gasteiger partial charge in [0.15, 0.2) is 0 Å². The first-order chi connectivity index (χ1) is 9.51. The molecule has 2 aromatic rings. The van der Waals surface area contributed by atoms with Crippen molar-refractivity contribution in [1.82, 2.24) is 10.3 Å². The van der Waals surface area contributed by atoms with Gasteiger partial charge in [-0.1, -0.05) is 29.3 Å². The maximum absolute atomic E-state index is 13.1. The molecule has 0 spiro atoms. The van der Waals surface area contributed by atoms with Gasteiger partial charge in [0.1, 0.15) is 5.82 Å². The number of aromatic nitrogens is 1. The molecule has 2 rings (SSSR count). The molecule has 1 heterocycles. The average Bonchev–Trinajstić information content (AvgIpc) is 2.39. The standard InChI is InChI=1S/C15H15Cl2FN2/c1-9-5-12(18)4-3-10(9)6-14(19-2)15-13(17)7-11(16)8-20-15/h3-5,7-8,14,19H,6H2,1-2H3. The van der Waals surface area contributed by atoms with Gasteiger partial charge in [0.25, 0.3) is 0 Å². The molecule has 1 aromatic carbocycles. The smallest absolute Gasteiger partial charge is 0.123 e. The Labute approximate surface area is 127 Å². The molecule has 1 atom stereocenters. The van der Waals surface area contributed by atoms with Crippen molar-refractivity contribution in [3.63, 3.8) is 0 Å². The zero-order valence-electron chi connectivity index (χ0n) is 11.3. The molecule has 2 nitrogen and oxygen atoms in total. The molecule has 0 amide bonds. The highest BCUT2D eigenvalue weighted by molar-refractivity contribution is 6.34. The second-order valence-corrected chi connectivity index (χ2v) is 5.48. The van der Waals surface area contributed by atoms with Crippen LogP contribution in [0.3, 0.4) is 0 Å². The van der Waals surface area contributed by atoms with Crippen molar-refractivity contribution in [1.29, 1.82) is 0 Å². The van der Waals surface area contributed by atoms with Crippen LogP contribution >= 0.6 is 23.2 Å². The van der Waals surface area contributed by atoms with E-state index in [4.69, 9.17) is 23.2 Å². The molecule has 0 bridgehead atoms. The monoisotopic (exact) mass is 312 g/mol. The third-order valence-electron chi connectivity index (χ3n) is 3.24. The summed E-state index contributed by atoms with van der Waals surface area (Å²) >= 11 is 12.0. The fourth-order valence-electron chi connectivity index (χ4n) is 2.13. The van der Waals surface area contributed by atoms with Crippen LogP contribution in [0.25, 0.3) is 0 Å². The molecule has 106 valence electrons. The van der Waals surface area contributed by atoms with Gasteiger partial charge in [-0.25, -0.2) is 4.39 Å². The SMILES string of the molecule is CNC(Cc1ccc(F)cc1C)c1ncc(Cl)cc1Cl. The summed E-state index contributed by atoms with van der Waals surface area (Å²) in [6, 6.07) is 6.40.